The summed E-state index contributed by atoms with van der Waals surface area (Å²) in [7, 11) is 2.37. The van der Waals surface area contributed by atoms with Gasteiger partial charge in [0.05, 0.1) is 6.61 Å². The monoisotopic (exact) mass is 299 g/mol. The summed E-state index contributed by atoms with van der Waals surface area (Å²) in [4.78, 5) is 15.6. The molecule has 20 heavy (non-hydrogen) atoms. The minimum absolute atomic E-state index is 0.112. The van der Waals surface area contributed by atoms with E-state index < -0.39 is 17.5 Å². The summed E-state index contributed by atoms with van der Waals surface area (Å²) in [6, 6.07) is 0. The van der Waals surface area contributed by atoms with E-state index in [0.717, 1.165) is 4.57 Å². The van der Waals surface area contributed by atoms with Gasteiger partial charge in [-0.25, -0.2) is 4.79 Å². The van der Waals surface area contributed by atoms with E-state index in [4.69, 9.17) is 10.5 Å². The maximum Gasteiger partial charge on any atom is 0.352 e. The molecule has 4 N–H and O–H groups in total. The number of rotatable bonds is 3. The average molecular weight is 299 g/mol. The second-order valence-corrected chi connectivity index (χ2v) is 5.35. The number of hydrogen-bond donors (Lipinski definition) is 3. The average Bonchev–Trinajstić information content (AvgIpc) is 2.68. The van der Waals surface area contributed by atoms with Gasteiger partial charge in [-0.3, -0.25) is 4.57 Å². The van der Waals surface area contributed by atoms with Crippen LogP contribution >= 0.6 is 9.24 Å². The molecule has 110 valence electrons. The summed E-state index contributed by atoms with van der Waals surface area (Å²) in [6.07, 6.45) is 0.931. The lowest BCUT2D eigenvalue weighted by Gasteiger charge is -2.27. The molecule has 0 aromatic carbocycles. The molecular weight excluding hydrogens is 281 g/mol. The molecular formula is C12H18N3O4P. The minimum atomic E-state index is -1.01. The van der Waals surface area contributed by atoms with Crippen molar-refractivity contribution < 1.29 is 14.9 Å². The van der Waals surface area contributed by atoms with Gasteiger partial charge in [0.2, 0.25) is 0 Å². The van der Waals surface area contributed by atoms with Crippen molar-refractivity contribution in [2.24, 2.45) is 0 Å². The number of aliphatic hydroxyl groups excluding tert-OH is 2. The molecule has 2 heterocycles. The fraction of sp³-hybridized carbons (Fsp3) is 0.500. The second kappa shape index (κ2) is 5.16. The van der Waals surface area contributed by atoms with Gasteiger partial charge in [-0.15, -0.1) is 9.24 Å². The Morgan fingerprint density at radius 2 is 2.30 bits per heavy atom. The van der Waals surface area contributed by atoms with Crippen LogP contribution in [0, 0.1) is 6.92 Å². The Labute approximate surface area is 118 Å². The fourth-order valence-corrected chi connectivity index (χ4v) is 2.65. The molecule has 0 saturated carbocycles. The first-order chi connectivity index (χ1) is 9.36. The van der Waals surface area contributed by atoms with Gasteiger partial charge in [0.25, 0.3) is 0 Å². The predicted molar refractivity (Wildman–Crippen MR) is 77.2 cm³/mol. The van der Waals surface area contributed by atoms with Crippen molar-refractivity contribution in [1.29, 1.82) is 0 Å². The molecule has 0 radical (unpaired) electrons. The van der Waals surface area contributed by atoms with E-state index in [2.05, 4.69) is 14.2 Å². The molecule has 0 saturated heterocycles. The molecule has 2 unspecified atom stereocenters. The van der Waals surface area contributed by atoms with Crippen LogP contribution in [0.4, 0.5) is 5.82 Å². The first kappa shape index (κ1) is 15.0. The van der Waals surface area contributed by atoms with Crippen LogP contribution in [0.2, 0.25) is 0 Å². The van der Waals surface area contributed by atoms with Crippen molar-refractivity contribution >= 4 is 15.1 Å². The Morgan fingerprint density at radius 1 is 1.65 bits per heavy atom. The lowest BCUT2D eigenvalue weighted by Crippen LogP contribution is -2.36. The fourth-order valence-electron chi connectivity index (χ4n) is 2.14. The van der Waals surface area contributed by atoms with E-state index in [-0.39, 0.29) is 18.2 Å². The van der Waals surface area contributed by atoms with E-state index in [0.29, 0.717) is 17.3 Å². The SMILES string of the molecule is CC[C@]1(CO)OC(n2cc(C)c(N)nc2=O)C(O)=C1P. The minimum Gasteiger partial charge on any atom is -0.507 e. The molecule has 0 spiro atoms. The summed E-state index contributed by atoms with van der Waals surface area (Å²) in [5.41, 5.74) is 4.55. The maximum absolute atomic E-state index is 11.9. The molecule has 7 nitrogen and oxygen atoms in total. The van der Waals surface area contributed by atoms with Crippen LogP contribution in [-0.2, 0) is 4.74 Å². The quantitative estimate of drug-likeness (QED) is 0.699. The molecule has 2 rings (SSSR count). The van der Waals surface area contributed by atoms with Gasteiger partial charge in [-0.1, -0.05) is 6.92 Å². The Balaban J connectivity index is 2.52. The van der Waals surface area contributed by atoms with Crippen LogP contribution < -0.4 is 11.4 Å². The predicted octanol–water partition coefficient (Wildman–Crippen LogP) is 0.449. The van der Waals surface area contributed by atoms with Crippen LogP contribution in [0.1, 0.15) is 25.1 Å². The highest BCUT2D eigenvalue weighted by molar-refractivity contribution is 7.22. The van der Waals surface area contributed by atoms with Crippen molar-refractivity contribution in [3.05, 3.63) is 33.3 Å². The zero-order chi connectivity index (χ0) is 15.1. The normalized spacial score (nSPS) is 26.3. The molecule has 1 aliphatic heterocycles. The van der Waals surface area contributed by atoms with Crippen molar-refractivity contribution in [2.45, 2.75) is 32.1 Å². The Bertz CT molecular complexity index is 622. The lowest BCUT2D eigenvalue weighted by molar-refractivity contribution is -0.0970. The summed E-state index contributed by atoms with van der Waals surface area (Å²) < 4.78 is 6.89. The molecule has 0 aliphatic carbocycles. The maximum atomic E-state index is 11.9. The van der Waals surface area contributed by atoms with Crippen LogP contribution in [0.3, 0.4) is 0 Å². The summed E-state index contributed by atoms with van der Waals surface area (Å²) >= 11 is 0. The highest BCUT2D eigenvalue weighted by atomic mass is 31.0. The number of anilines is 1. The van der Waals surface area contributed by atoms with Gasteiger partial charge in [-0.2, -0.15) is 4.98 Å². The van der Waals surface area contributed by atoms with Crippen molar-refractivity contribution in [1.82, 2.24) is 9.55 Å². The van der Waals surface area contributed by atoms with Gasteiger partial charge in [-0.05, 0) is 13.3 Å². The number of aliphatic hydroxyl groups is 2. The van der Waals surface area contributed by atoms with Crippen molar-refractivity contribution in [3.8, 4) is 0 Å². The molecule has 0 bridgehead atoms. The van der Waals surface area contributed by atoms with Crippen molar-refractivity contribution in [2.75, 3.05) is 12.3 Å². The third kappa shape index (κ3) is 2.12. The van der Waals surface area contributed by atoms with E-state index in [1.807, 2.05) is 6.92 Å². The number of nitrogens with two attached hydrogens (primary N) is 1. The van der Waals surface area contributed by atoms with Crippen molar-refractivity contribution in [3.63, 3.8) is 0 Å². The van der Waals surface area contributed by atoms with Gasteiger partial charge >= 0.3 is 5.69 Å². The van der Waals surface area contributed by atoms with E-state index >= 15 is 0 Å². The lowest BCUT2D eigenvalue weighted by atomic mass is 10.0. The first-order valence-corrected chi connectivity index (χ1v) is 6.77. The zero-order valence-electron chi connectivity index (χ0n) is 11.3. The molecule has 3 atom stereocenters. The van der Waals surface area contributed by atoms with E-state index in [9.17, 15) is 15.0 Å². The zero-order valence-corrected chi connectivity index (χ0v) is 12.5. The highest BCUT2D eigenvalue weighted by Gasteiger charge is 2.45. The third-order valence-electron chi connectivity index (χ3n) is 3.59. The van der Waals surface area contributed by atoms with E-state index in [1.165, 1.54) is 6.20 Å². The number of ether oxygens (including phenoxy) is 1. The molecule has 0 fully saturated rings. The standard InChI is InChI=1S/C12H18N3O4P/c1-3-12(5-16)8(20)7(17)10(19-12)15-4-6(2)9(13)14-11(15)18/h4,10,16-17H,3,5,20H2,1-2H3,(H2,13,14,18)/t10?,12-/m1/s1. The van der Waals surface area contributed by atoms with Crippen LogP contribution in [0.15, 0.2) is 22.1 Å². The number of aryl methyl sites for hydroxylation is 1. The first-order valence-electron chi connectivity index (χ1n) is 6.19. The summed E-state index contributed by atoms with van der Waals surface area (Å²) in [5, 5.41) is 20.2. The summed E-state index contributed by atoms with van der Waals surface area (Å²) in [5.74, 6) is 0.0293. The van der Waals surface area contributed by atoms with Crippen LogP contribution in [0.25, 0.3) is 0 Å². The number of nitrogen functional groups attached to an aromatic ring is 1. The Kier molecular flexibility index (Phi) is 3.86. The number of aromatic nitrogens is 2. The number of nitrogens with zero attached hydrogens (tertiary/aromatic N) is 2. The second-order valence-electron chi connectivity index (χ2n) is 4.77. The molecule has 1 aliphatic rings. The molecule has 0 amide bonds. The molecule has 8 heteroatoms. The van der Waals surface area contributed by atoms with Gasteiger partial charge in [0, 0.05) is 17.1 Å². The van der Waals surface area contributed by atoms with E-state index in [1.54, 1.807) is 6.92 Å². The topological polar surface area (TPSA) is 111 Å². The third-order valence-corrected chi connectivity index (χ3v) is 4.41. The highest BCUT2D eigenvalue weighted by Crippen LogP contribution is 2.44. The van der Waals surface area contributed by atoms with Gasteiger partial charge in [0.1, 0.15) is 17.2 Å². The van der Waals surface area contributed by atoms with Gasteiger partial charge < -0.3 is 20.7 Å². The molecule has 1 aromatic heterocycles. The van der Waals surface area contributed by atoms with Gasteiger partial charge in [0.15, 0.2) is 6.23 Å². The Hall–Kier alpha value is -1.43. The largest absolute Gasteiger partial charge is 0.507 e. The molecule has 1 aromatic rings. The van der Waals surface area contributed by atoms with Crippen LogP contribution in [0.5, 0.6) is 0 Å². The summed E-state index contributed by atoms with van der Waals surface area (Å²) in [6.45, 7) is 3.24. The van der Waals surface area contributed by atoms with Crippen LogP contribution in [-0.4, -0.2) is 32.0 Å². The number of hydrogen-bond acceptors (Lipinski definition) is 6. The Morgan fingerprint density at radius 3 is 2.80 bits per heavy atom. The smallest absolute Gasteiger partial charge is 0.352 e.